The molecule has 6 heteroatoms. The van der Waals surface area contributed by atoms with Crippen molar-refractivity contribution in [3.05, 3.63) is 23.7 Å². The van der Waals surface area contributed by atoms with Crippen molar-refractivity contribution < 1.29 is 0 Å². The quantitative estimate of drug-likeness (QED) is 0.848. The van der Waals surface area contributed by atoms with Crippen molar-refractivity contribution in [2.75, 3.05) is 18.4 Å². The monoisotopic (exact) mass is 260 g/mol. The molecule has 2 heterocycles. The maximum Gasteiger partial charge on any atom is 0.223 e. The summed E-state index contributed by atoms with van der Waals surface area (Å²) in [5.41, 5.74) is 9.56. The second kappa shape index (κ2) is 5.79. The number of nitrogens with zero attached hydrogens (tertiary/aromatic N) is 4. The van der Waals surface area contributed by atoms with Crippen LogP contribution in [0.2, 0.25) is 0 Å². The van der Waals surface area contributed by atoms with Crippen molar-refractivity contribution in [1.82, 2.24) is 19.7 Å². The van der Waals surface area contributed by atoms with Crippen LogP contribution in [0.25, 0.3) is 11.3 Å². The Kier molecular flexibility index (Phi) is 4.11. The van der Waals surface area contributed by atoms with Gasteiger partial charge in [0.2, 0.25) is 5.95 Å². The molecule has 0 unspecified atom stereocenters. The minimum Gasteiger partial charge on any atom is -0.353 e. The zero-order valence-corrected chi connectivity index (χ0v) is 11.6. The Morgan fingerprint density at radius 1 is 1.37 bits per heavy atom. The lowest BCUT2D eigenvalue weighted by Crippen LogP contribution is -2.14. The molecule has 2 aromatic heterocycles. The van der Waals surface area contributed by atoms with E-state index in [4.69, 9.17) is 5.73 Å². The maximum atomic E-state index is 5.46. The van der Waals surface area contributed by atoms with Gasteiger partial charge in [-0.25, -0.2) is 9.97 Å². The molecule has 0 amide bonds. The standard InChI is InChI=1S/C13H20N6/c1-4-19-10(3)12(9(2)18-19)11-5-7-15-13(17-11)16-8-6-14/h5,7H,4,6,8,14H2,1-3H3,(H,15,16,17). The molecule has 0 aliphatic heterocycles. The van der Waals surface area contributed by atoms with E-state index in [9.17, 15) is 0 Å². The smallest absolute Gasteiger partial charge is 0.223 e. The molecule has 0 saturated carbocycles. The molecule has 6 nitrogen and oxygen atoms in total. The highest BCUT2D eigenvalue weighted by Gasteiger charge is 2.14. The summed E-state index contributed by atoms with van der Waals surface area (Å²) in [6, 6.07) is 1.91. The molecule has 0 atom stereocenters. The van der Waals surface area contributed by atoms with Crippen molar-refractivity contribution >= 4 is 5.95 Å². The van der Waals surface area contributed by atoms with Crippen molar-refractivity contribution in [2.24, 2.45) is 5.73 Å². The molecular weight excluding hydrogens is 240 g/mol. The lowest BCUT2D eigenvalue weighted by molar-refractivity contribution is 0.634. The first-order chi connectivity index (χ1) is 9.17. The van der Waals surface area contributed by atoms with Gasteiger partial charge in [0, 0.05) is 37.1 Å². The first-order valence-electron chi connectivity index (χ1n) is 6.48. The third-order valence-corrected chi connectivity index (χ3v) is 3.02. The fourth-order valence-electron chi connectivity index (χ4n) is 2.14. The second-order valence-corrected chi connectivity index (χ2v) is 4.34. The Morgan fingerprint density at radius 3 is 2.79 bits per heavy atom. The largest absolute Gasteiger partial charge is 0.353 e. The second-order valence-electron chi connectivity index (χ2n) is 4.34. The summed E-state index contributed by atoms with van der Waals surface area (Å²) in [7, 11) is 0. The van der Waals surface area contributed by atoms with Gasteiger partial charge in [0.05, 0.1) is 11.4 Å². The van der Waals surface area contributed by atoms with Crippen LogP contribution in [0.4, 0.5) is 5.95 Å². The minimum atomic E-state index is 0.555. The van der Waals surface area contributed by atoms with Crippen molar-refractivity contribution in [3.8, 4) is 11.3 Å². The van der Waals surface area contributed by atoms with Gasteiger partial charge in [-0.2, -0.15) is 5.10 Å². The van der Waals surface area contributed by atoms with E-state index >= 15 is 0 Å². The lowest BCUT2D eigenvalue weighted by atomic mass is 10.1. The molecule has 0 fully saturated rings. The predicted octanol–water partition coefficient (Wildman–Crippen LogP) is 1.35. The summed E-state index contributed by atoms with van der Waals surface area (Å²) in [5, 5.41) is 7.60. The molecule has 19 heavy (non-hydrogen) atoms. The SMILES string of the molecule is CCn1nc(C)c(-c2ccnc(NCCN)n2)c1C. The topological polar surface area (TPSA) is 81.7 Å². The molecule has 3 N–H and O–H groups in total. The summed E-state index contributed by atoms with van der Waals surface area (Å²) in [6.07, 6.45) is 1.75. The van der Waals surface area contributed by atoms with E-state index in [0.29, 0.717) is 19.0 Å². The molecule has 0 saturated heterocycles. The number of rotatable bonds is 5. The number of nitrogens with one attached hydrogen (secondary N) is 1. The van der Waals surface area contributed by atoms with Crippen LogP contribution in [0.15, 0.2) is 12.3 Å². The van der Waals surface area contributed by atoms with Crippen LogP contribution in [0.5, 0.6) is 0 Å². The van der Waals surface area contributed by atoms with Crippen LogP contribution in [-0.4, -0.2) is 32.8 Å². The Bertz CT molecular complexity index is 560. The third kappa shape index (κ3) is 2.73. The van der Waals surface area contributed by atoms with Gasteiger partial charge in [-0.3, -0.25) is 4.68 Å². The third-order valence-electron chi connectivity index (χ3n) is 3.02. The van der Waals surface area contributed by atoms with Gasteiger partial charge in [-0.15, -0.1) is 0 Å². The van der Waals surface area contributed by atoms with Gasteiger partial charge in [-0.1, -0.05) is 0 Å². The summed E-state index contributed by atoms with van der Waals surface area (Å²) < 4.78 is 1.99. The molecular formula is C13H20N6. The summed E-state index contributed by atoms with van der Waals surface area (Å²) >= 11 is 0. The summed E-state index contributed by atoms with van der Waals surface area (Å²) in [5.74, 6) is 0.603. The molecule has 0 aromatic carbocycles. The highest BCUT2D eigenvalue weighted by Crippen LogP contribution is 2.25. The summed E-state index contributed by atoms with van der Waals surface area (Å²) in [6.45, 7) is 8.22. The van der Waals surface area contributed by atoms with E-state index in [2.05, 4.69) is 34.2 Å². The molecule has 0 aliphatic carbocycles. The zero-order chi connectivity index (χ0) is 13.8. The van der Waals surface area contributed by atoms with Gasteiger partial charge >= 0.3 is 0 Å². The maximum absolute atomic E-state index is 5.46. The van der Waals surface area contributed by atoms with Gasteiger partial charge in [-0.05, 0) is 26.8 Å². The van der Waals surface area contributed by atoms with Crippen molar-refractivity contribution in [2.45, 2.75) is 27.3 Å². The van der Waals surface area contributed by atoms with E-state index in [1.165, 1.54) is 0 Å². The van der Waals surface area contributed by atoms with Crippen LogP contribution < -0.4 is 11.1 Å². The predicted molar refractivity (Wildman–Crippen MR) is 75.9 cm³/mol. The minimum absolute atomic E-state index is 0.555. The molecule has 0 bridgehead atoms. The van der Waals surface area contributed by atoms with Crippen molar-refractivity contribution in [1.29, 1.82) is 0 Å². The van der Waals surface area contributed by atoms with Gasteiger partial charge in [0.25, 0.3) is 0 Å². The van der Waals surface area contributed by atoms with Gasteiger partial charge in [0.15, 0.2) is 0 Å². The Morgan fingerprint density at radius 2 is 2.16 bits per heavy atom. The highest BCUT2D eigenvalue weighted by molar-refractivity contribution is 5.65. The van der Waals surface area contributed by atoms with Crippen LogP contribution in [0.1, 0.15) is 18.3 Å². The number of aryl methyl sites for hydroxylation is 2. The molecule has 0 radical (unpaired) electrons. The van der Waals surface area contributed by atoms with Gasteiger partial charge in [0.1, 0.15) is 0 Å². The number of nitrogens with two attached hydrogens (primary N) is 1. The Hall–Kier alpha value is -1.95. The number of anilines is 1. The van der Waals surface area contributed by atoms with E-state index in [1.54, 1.807) is 6.20 Å². The lowest BCUT2D eigenvalue weighted by Gasteiger charge is -2.06. The summed E-state index contributed by atoms with van der Waals surface area (Å²) in [4.78, 5) is 8.70. The highest BCUT2D eigenvalue weighted by atomic mass is 15.3. The van der Waals surface area contributed by atoms with Crippen LogP contribution >= 0.6 is 0 Å². The first-order valence-corrected chi connectivity index (χ1v) is 6.48. The van der Waals surface area contributed by atoms with Crippen LogP contribution in [0.3, 0.4) is 0 Å². The van der Waals surface area contributed by atoms with E-state index in [-0.39, 0.29) is 0 Å². The molecule has 2 aromatic rings. The van der Waals surface area contributed by atoms with E-state index in [0.717, 1.165) is 29.2 Å². The first kappa shape index (κ1) is 13.5. The number of hydrogen-bond acceptors (Lipinski definition) is 5. The van der Waals surface area contributed by atoms with E-state index < -0.39 is 0 Å². The normalized spacial score (nSPS) is 10.7. The van der Waals surface area contributed by atoms with Crippen LogP contribution in [0, 0.1) is 13.8 Å². The molecule has 0 spiro atoms. The average molecular weight is 260 g/mol. The molecule has 0 aliphatic rings. The Labute approximate surface area is 113 Å². The Balaban J connectivity index is 2.39. The number of hydrogen-bond donors (Lipinski definition) is 2. The van der Waals surface area contributed by atoms with Gasteiger partial charge < -0.3 is 11.1 Å². The van der Waals surface area contributed by atoms with E-state index in [1.807, 2.05) is 17.7 Å². The number of aromatic nitrogens is 4. The van der Waals surface area contributed by atoms with Crippen molar-refractivity contribution in [3.63, 3.8) is 0 Å². The molecule has 102 valence electrons. The van der Waals surface area contributed by atoms with Crippen LogP contribution in [-0.2, 0) is 6.54 Å². The zero-order valence-electron chi connectivity index (χ0n) is 11.6. The fraction of sp³-hybridized carbons (Fsp3) is 0.462. The fourth-order valence-corrected chi connectivity index (χ4v) is 2.14. The average Bonchev–Trinajstić information content (AvgIpc) is 2.71. The molecule has 2 rings (SSSR count).